The van der Waals surface area contributed by atoms with Crippen LogP contribution < -0.4 is 10.2 Å². The van der Waals surface area contributed by atoms with Crippen LogP contribution >= 0.6 is 0 Å². The average molecular weight is 175 g/mol. The number of carbonyl (C=O) groups is 2. The Morgan fingerprint density at radius 3 is 1.45 bits per heavy atom. The summed E-state index contributed by atoms with van der Waals surface area (Å²) in [4.78, 5) is 18.2. The van der Waals surface area contributed by atoms with E-state index in [9.17, 15) is 9.90 Å². The zero-order valence-corrected chi connectivity index (χ0v) is 7.39. The summed E-state index contributed by atoms with van der Waals surface area (Å²) in [6.45, 7) is 2.11. The maximum atomic E-state index is 9.34. The fourth-order valence-corrected chi connectivity index (χ4v) is 0. The van der Waals surface area contributed by atoms with E-state index in [2.05, 4.69) is 0 Å². The van der Waals surface area contributed by atoms with Crippen LogP contribution in [0.3, 0.4) is 0 Å². The van der Waals surface area contributed by atoms with Crippen molar-refractivity contribution in [2.75, 3.05) is 0 Å². The Morgan fingerprint density at radius 1 is 1.36 bits per heavy atom. The van der Waals surface area contributed by atoms with E-state index in [1.165, 1.54) is 0 Å². The van der Waals surface area contributed by atoms with Crippen LogP contribution in [0.4, 0.5) is 0 Å². The molecule has 11 heavy (non-hydrogen) atoms. The first kappa shape index (κ1) is 16.8. The van der Waals surface area contributed by atoms with Gasteiger partial charge in [0.2, 0.25) is 0 Å². The summed E-state index contributed by atoms with van der Waals surface area (Å²) in [5, 5.41) is 26.2. The summed E-state index contributed by atoms with van der Waals surface area (Å²) in [5.74, 6) is -2.52. The standard InChI is InChI=1S/C3H6O3.C2H4O2.Al/c1-2(4)3(5)6;1-2(3)4;/h2,4H,1H3,(H,5,6);1H3,(H,3,4);/q;;+2/p-2. The van der Waals surface area contributed by atoms with E-state index in [0.29, 0.717) is 0 Å². The van der Waals surface area contributed by atoms with Gasteiger partial charge in [0, 0.05) is 5.97 Å². The van der Waals surface area contributed by atoms with E-state index in [1.807, 2.05) is 0 Å². The van der Waals surface area contributed by atoms with E-state index >= 15 is 0 Å². The van der Waals surface area contributed by atoms with Gasteiger partial charge < -0.3 is 24.9 Å². The zero-order valence-electron chi connectivity index (χ0n) is 6.23. The number of rotatable bonds is 1. The predicted molar refractivity (Wildman–Crippen MR) is 33.1 cm³/mol. The molecular weight excluding hydrogens is 167 g/mol. The molecular formula is C5H8AlO5. The Hall–Kier alpha value is -0.568. The van der Waals surface area contributed by atoms with Crippen molar-refractivity contribution in [2.24, 2.45) is 0 Å². The first-order valence-corrected chi connectivity index (χ1v) is 2.44. The Labute approximate surface area is 74.8 Å². The van der Waals surface area contributed by atoms with Gasteiger partial charge in [-0.1, -0.05) is 0 Å². The van der Waals surface area contributed by atoms with Crippen molar-refractivity contribution < 1.29 is 24.9 Å². The molecule has 0 aliphatic heterocycles. The number of carboxylic acids is 2. The van der Waals surface area contributed by atoms with Crippen molar-refractivity contribution in [3.05, 3.63) is 0 Å². The zero-order chi connectivity index (χ0) is 8.73. The van der Waals surface area contributed by atoms with E-state index in [4.69, 9.17) is 15.0 Å². The van der Waals surface area contributed by atoms with Gasteiger partial charge in [-0.2, -0.15) is 0 Å². The Morgan fingerprint density at radius 2 is 1.45 bits per heavy atom. The van der Waals surface area contributed by atoms with Gasteiger partial charge in [0.15, 0.2) is 0 Å². The molecule has 0 saturated carbocycles. The van der Waals surface area contributed by atoms with E-state index in [1.54, 1.807) is 0 Å². The minimum Gasteiger partial charge on any atom is -0.550 e. The molecule has 0 bridgehead atoms. The number of aliphatic carboxylic acids is 2. The van der Waals surface area contributed by atoms with Gasteiger partial charge in [-0.25, -0.2) is 0 Å². The molecule has 0 fully saturated rings. The fourth-order valence-electron chi connectivity index (χ4n) is 0. The van der Waals surface area contributed by atoms with Crippen molar-refractivity contribution >= 4 is 29.3 Å². The third-order valence-corrected chi connectivity index (χ3v) is 0.341. The number of hydrogen-bond donors (Lipinski definition) is 1. The van der Waals surface area contributed by atoms with E-state index < -0.39 is 18.0 Å². The first-order chi connectivity index (χ1) is 4.37. The third kappa shape index (κ3) is 44.2. The van der Waals surface area contributed by atoms with Crippen molar-refractivity contribution in [3.8, 4) is 0 Å². The van der Waals surface area contributed by atoms with Crippen LogP contribution in [-0.2, 0) is 9.59 Å². The van der Waals surface area contributed by atoms with Gasteiger partial charge in [-0.05, 0) is 13.8 Å². The maximum absolute atomic E-state index is 9.34. The van der Waals surface area contributed by atoms with Crippen LogP contribution in [0.2, 0.25) is 0 Å². The molecule has 6 heteroatoms. The van der Waals surface area contributed by atoms with Crippen molar-refractivity contribution in [1.82, 2.24) is 0 Å². The number of carbonyl (C=O) groups excluding carboxylic acids is 2. The van der Waals surface area contributed by atoms with E-state index in [-0.39, 0.29) is 17.4 Å². The summed E-state index contributed by atoms with van der Waals surface area (Å²) < 4.78 is 0. The molecule has 0 rings (SSSR count). The second-order valence-electron chi connectivity index (χ2n) is 1.49. The van der Waals surface area contributed by atoms with Crippen LogP contribution in [-0.4, -0.2) is 40.5 Å². The van der Waals surface area contributed by atoms with Gasteiger partial charge in [0.05, 0.1) is 12.1 Å². The molecule has 1 unspecified atom stereocenters. The molecule has 0 heterocycles. The number of aliphatic hydroxyl groups excluding tert-OH is 1. The quantitative estimate of drug-likeness (QED) is 0.416. The third-order valence-electron chi connectivity index (χ3n) is 0.341. The number of hydrogen-bond acceptors (Lipinski definition) is 5. The second-order valence-corrected chi connectivity index (χ2v) is 1.49. The van der Waals surface area contributed by atoms with Gasteiger partial charge in [0.1, 0.15) is 0 Å². The van der Waals surface area contributed by atoms with Crippen molar-refractivity contribution in [2.45, 2.75) is 20.0 Å². The minimum absolute atomic E-state index is 0. The summed E-state index contributed by atoms with van der Waals surface area (Å²) >= 11 is 0. The number of carboxylic acid groups (broad SMARTS) is 2. The van der Waals surface area contributed by atoms with Crippen LogP contribution in [0.1, 0.15) is 13.8 Å². The van der Waals surface area contributed by atoms with Gasteiger partial charge >= 0.3 is 17.4 Å². The average Bonchev–Trinajstić information content (AvgIpc) is 1.63. The van der Waals surface area contributed by atoms with E-state index in [0.717, 1.165) is 13.8 Å². The molecule has 0 aromatic carbocycles. The molecule has 1 N–H and O–H groups in total. The van der Waals surface area contributed by atoms with Crippen LogP contribution in [0.15, 0.2) is 0 Å². The van der Waals surface area contributed by atoms with Crippen molar-refractivity contribution in [1.29, 1.82) is 0 Å². The summed E-state index contributed by atoms with van der Waals surface area (Å²) in [7, 11) is 0. The topological polar surface area (TPSA) is 100 Å². The molecule has 0 amide bonds. The molecule has 0 saturated heterocycles. The van der Waals surface area contributed by atoms with Crippen LogP contribution in [0.25, 0.3) is 0 Å². The smallest absolute Gasteiger partial charge is 0.550 e. The number of aliphatic hydroxyl groups is 1. The molecule has 0 aromatic rings. The molecule has 61 valence electrons. The predicted octanol–water partition coefficient (Wildman–Crippen LogP) is -3.51. The van der Waals surface area contributed by atoms with Crippen LogP contribution in [0.5, 0.6) is 0 Å². The monoisotopic (exact) mass is 175 g/mol. The van der Waals surface area contributed by atoms with Crippen LogP contribution in [0, 0.1) is 0 Å². The molecule has 1 radical (unpaired) electrons. The molecule has 0 spiro atoms. The molecule has 0 aliphatic rings. The van der Waals surface area contributed by atoms with Crippen molar-refractivity contribution in [3.63, 3.8) is 0 Å². The summed E-state index contributed by atoms with van der Waals surface area (Å²) in [5.41, 5.74) is 0. The molecule has 0 aromatic heterocycles. The maximum Gasteiger partial charge on any atom is 2.00 e. The second kappa shape index (κ2) is 9.43. The molecule has 1 atom stereocenters. The Balaban J connectivity index is -0.000000114. The van der Waals surface area contributed by atoms with Gasteiger partial charge in [0.25, 0.3) is 0 Å². The molecule has 5 nitrogen and oxygen atoms in total. The SMILES string of the molecule is CC(=O)[O-].CC(O)C(=O)[O-].[Al+2]. The summed E-state index contributed by atoms with van der Waals surface area (Å²) in [6, 6.07) is 0. The largest absolute Gasteiger partial charge is 2.00 e. The molecule has 0 aliphatic carbocycles. The first-order valence-electron chi connectivity index (χ1n) is 2.44. The Bertz CT molecular complexity index is 118. The Kier molecular flexibility index (Phi) is 14.4. The van der Waals surface area contributed by atoms with Gasteiger partial charge in [-0.15, -0.1) is 0 Å². The normalized spacial score (nSPS) is 9.73. The minimum atomic E-state index is -1.44. The van der Waals surface area contributed by atoms with Gasteiger partial charge in [-0.3, -0.25) is 0 Å². The summed E-state index contributed by atoms with van der Waals surface area (Å²) in [6.07, 6.45) is -1.34. The fraction of sp³-hybridized carbons (Fsp3) is 0.600.